The summed E-state index contributed by atoms with van der Waals surface area (Å²) in [5.41, 5.74) is 0.406. The minimum atomic E-state index is -4.07. The Morgan fingerprint density at radius 3 is 2.29 bits per heavy atom. The van der Waals surface area contributed by atoms with Gasteiger partial charge < -0.3 is 4.74 Å². The molecule has 31 heavy (non-hydrogen) atoms. The lowest BCUT2D eigenvalue weighted by Gasteiger charge is -2.20. The number of carbonyl (C=O) groups excluding carboxylic acids is 2. The van der Waals surface area contributed by atoms with Crippen LogP contribution in [0.25, 0.3) is 0 Å². The number of carbonyl (C=O) groups is 2. The van der Waals surface area contributed by atoms with E-state index in [1.54, 1.807) is 30.3 Å². The third-order valence-electron chi connectivity index (χ3n) is 4.44. The Morgan fingerprint density at radius 1 is 1.00 bits per heavy atom. The van der Waals surface area contributed by atoms with Crippen LogP contribution in [0.4, 0.5) is 10.1 Å². The fourth-order valence-corrected chi connectivity index (χ4v) is 4.10. The zero-order valence-corrected chi connectivity index (χ0v) is 17.9. The molecule has 3 aromatic rings. The number of esters is 1. The summed E-state index contributed by atoms with van der Waals surface area (Å²) in [4.78, 5) is 24.4. The smallest absolute Gasteiger partial charge is 0.340 e. The van der Waals surface area contributed by atoms with Gasteiger partial charge >= 0.3 is 5.97 Å². The van der Waals surface area contributed by atoms with Crippen LogP contribution in [-0.2, 0) is 14.8 Å². The van der Waals surface area contributed by atoms with Gasteiger partial charge in [-0.25, -0.2) is 17.6 Å². The van der Waals surface area contributed by atoms with Gasteiger partial charge in [0.05, 0.1) is 21.2 Å². The Balaban J connectivity index is 1.81. The van der Waals surface area contributed by atoms with Crippen LogP contribution in [0.15, 0.2) is 77.7 Å². The number of Topliss-reactive ketones (excluding diaryl/α,β-unsaturated/α-hetero) is 1. The van der Waals surface area contributed by atoms with E-state index in [9.17, 15) is 22.4 Å². The van der Waals surface area contributed by atoms with Crippen LogP contribution >= 0.6 is 11.6 Å². The van der Waals surface area contributed by atoms with E-state index in [-0.39, 0.29) is 21.2 Å². The molecule has 3 rings (SSSR count). The number of benzene rings is 3. The lowest BCUT2D eigenvalue weighted by Crippen LogP contribution is -2.26. The van der Waals surface area contributed by atoms with E-state index < -0.39 is 34.2 Å². The molecule has 0 bridgehead atoms. The van der Waals surface area contributed by atoms with Crippen LogP contribution in [0.3, 0.4) is 0 Å². The predicted molar refractivity (Wildman–Crippen MR) is 114 cm³/mol. The maximum Gasteiger partial charge on any atom is 0.340 e. The third kappa shape index (κ3) is 5.10. The van der Waals surface area contributed by atoms with Gasteiger partial charge in [0.2, 0.25) is 0 Å². The van der Waals surface area contributed by atoms with Crippen LogP contribution in [0, 0.1) is 5.82 Å². The number of nitrogens with zero attached hydrogens (tertiary/aromatic N) is 1. The Kier molecular flexibility index (Phi) is 6.72. The monoisotopic (exact) mass is 461 g/mol. The minimum Gasteiger partial charge on any atom is -0.454 e. The highest BCUT2D eigenvalue weighted by Gasteiger charge is 2.24. The van der Waals surface area contributed by atoms with Crippen molar-refractivity contribution in [1.29, 1.82) is 0 Å². The number of anilines is 1. The quantitative estimate of drug-likeness (QED) is 0.386. The molecule has 0 radical (unpaired) electrons. The summed E-state index contributed by atoms with van der Waals surface area (Å²) in [7, 11) is -2.78. The van der Waals surface area contributed by atoms with Crippen molar-refractivity contribution in [2.45, 2.75) is 4.90 Å². The first-order chi connectivity index (χ1) is 14.7. The van der Waals surface area contributed by atoms with Gasteiger partial charge in [0.15, 0.2) is 12.4 Å². The fourth-order valence-electron chi connectivity index (χ4n) is 2.69. The summed E-state index contributed by atoms with van der Waals surface area (Å²) in [5, 5.41) is -0.0273. The largest absolute Gasteiger partial charge is 0.454 e. The predicted octanol–water partition coefficient (Wildman–Crippen LogP) is 4.34. The first kappa shape index (κ1) is 22.5. The molecule has 0 aliphatic rings. The average Bonchev–Trinajstić information content (AvgIpc) is 2.78. The molecule has 0 aliphatic heterocycles. The zero-order chi connectivity index (χ0) is 22.6. The topological polar surface area (TPSA) is 80.8 Å². The highest BCUT2D eigenvalue weighted by Crippen LogP contribution is 2.26. The third-order valence-corrected chi connectivity index (χ3v) is 6.55. The molecule has 3 aromatic carbocycles. The molecule has 0 N–H and O–H groups in total. The molecule has 0 aromatic heterocycles. The van der Waals surface area contributed by atoms with E-state index in [4.69, 9.17) is 16.3 Å². The zero-order valence-electron chi connectivity index (χ0n) is 16.3. The molecular formula is C22H17ClFNO5S. The molecule has 0 fully saturated rings. The summed E-state index contributed by atoms with van der Waals surface area (Å²) in [6.45, 7) is -0.522. The highest BCUT2D eigenvalue weighted by molar-refractivity contribution is 7.92. The van der Waals surface area contributed by atoms with Gasteiger partial charge in [0, 0.05) is 12.6 Å². The van der Waals surface area contributed by atoms with Gasteiger partial charge in [-0.2, -0.15) is 0 Å². The molecule has 0 atom stereocenters. The van der Waals surface area contributed by atoms with Gasteiger partial charge in [-0.15, -0.1) is 0 Å². The summed E-state index contributed by atoms with van der Waals surface area (Å²) < 4.78 is 45.0. The number of hydrogen-bond donors (Lipinski definition) is 0. The second-order valence-electron chi connectivity index (χ2n) is 6.46. The second-order valence-corrected chi connectivity index (χ2v) is 8.83. The molecule has 0 amide bonds. The molecule has 9 heteroatoms. The Hall–Kier alpha value is -3.23. The SMILES string of the molecule is CN(c1ccc(F)cc1)S(=O)(=O)c1ccc(Cl)c(C(=O)OCC(=O)c2ccccc2)c1. The van der Waals surface area contributed by atoms with Crippen molar-refractivity contribution in [1.82, 2.24) is 0 Å². The maximum absolute atomic E-state index is 13.1. The summed E-state index contributed by atoms with van der Waals surface area (Å²) >= 11 is 6.05. The van der Waals surface area contributed by atoms with E-state index in [0.717, 1.165) is 22.5 Å². The van der Waals surface area contributed by atoms with Crippen LogP contribution in [0.5, 0.6) is 0 Å². The number of hydrogen-bond acceptors (Lipinski definition) is 5. The van der Waals surface area contributed by atoms with E-state index in [1.807, 2.05) is 0 Å². The van der Waals surface area contributed by atoms with Crippen molar-refractivity contribution < 1.29 is 27.1 Å². The molecule has 0 saturated carbocycles. The van der Waals surface area contributed by atoms with Crippen molar-refractivity contribution in [3.05, 3.63) is 94.8 Å². The molecular weight excluding hydrogens is 445 g/mol. The molecule has 0 spiro atoms. The van der Waals surface area contributed by atoms with Crippen molar-refractivity contribution in [3.8, 4) is 0 Å². The number of ketones is 1. The average molecular weight is 462 g/mol. The summed E-state index contributed by atoms with van der Waals surface area (Å²) in [6.07, 6.45) is 0. The maximum atomic E-state index is 13.1. The Bertz CT molecular complexity index is 1210. The van der Waals surface area contributed by atoms with Crippen molar-refractivity contribution >= 4 is 39.1 Å². The molecule has 160 valence electrons. The van der Waals surface area contributed by atoms with E-state index in [2.05, 4.69) is 0 Å². The first-order valence-electron chi connectivity index (χ1n) is 8.99. The van der Waals surface area contributed by atoms with Crippen molar-refractivity contribution in [2.24, 2.45) is 0 Å². The van der Waals surface area contributed by atoms with Gasteiger partial charge in [-0.3, -0.25) is 9.10 Å². The molecule has 0 unspecified atom stereocenters. The van der Waals surface area contributed by atoms with Crippen molar-refractivity contribution in [2.75, 3.05) is 18.0 Å². The molecule has 0 saturated heterocycles. The van der Waals surface area contributed by atoms with Gasteiger partial charge in [-0.1, -0.05) is 41.9 Å². The van der Waals surface area contributed by atoms with Crippen LogP contribution < -0.4 is 4.31 Å². The van der Waals surface area contributed by atoms with E-state index in [0.29, 0.717) is 5.56 Å². The van der Waals surface area contributed by atoms with Gasteiger partial charge in [-0.05, 0) is 42.5 Å². The standard InChI is InChI=1S/C22H17ClFNO5S/c1-25(17-9-7-16(24)8-10-17)31(28,29)18-11-12-20(23)19(13-18)22(27)30-14-21(26)15-5-3-2-4-6-15/h2-13H,14H2,1H3. The normalized spacial score (nSPS) is 11.1. The molecule has 6 nitrogen and oxygen atoms in total. The number of halogens is 2. The Labute approximate surface area is 183 Å². The van der Waals surface area contributed by atoms with Crippen LogP contribution in [-0.4, -0.2) is 33.8 Å². The number of sulfonamides is 1. The number of ether oxygens (including phenoxy) is 1. The highest BCUT2D eigenvalue weighted by atomic mass is 35.5. The van der Waals surface area contributed by atoms with Crippen LogP contribution in [0.2, 0.25) is 5.02 Å². The lowest BCUT2D eigenvalue weighted by atomic mass is 10.1. The molecule has 0 heterocycles. The minimum absolute atomic E-state index is 0.0273. The molecule has 0 aliphatic carbocycles. The van der Waals surface area contributed by atoms with E-state index in [1.165, 1.54) is 31.3 Å². The summed E-state index contributed by atoms with van der Waals surface area (Å²) in [5.74, 6) is -1.85. The first-order valence-corrected chi connectivity index (χ1v) is 10.8. The number of rotatable bonds is 7. The fraction of sp³-hybridized carbons (Fsp3) is 0.0909. The summed E-state index contributed by atoms with van der Waals surface area (Å²) in [6, 6.07) is 16.7. The van der Waals surface area contributed by atoms with E-state index >= 15 is 0 Å². The lowest BCUT2D eigenvalue weighted by molar-refractivity contribution is 0.0474. The van der Waals surface area contributed by atoms with Crippen molar-refractivity contribution in [3.63, 3.8) is 0 Å². The van der Waals surface area contributed by atoms with Gasteiger partial charge in [0.25, 0.3) is 10.0 Å². The van der Waals surface area contributed by atoms with Gasteiger partial charge in [0.1, 0.15) is 5.82 Å². The second kappa shape index (κ2) is 9.28. The Morgan fingerprint density at radius 2 is 1.65 bits per heavy atom. The van der Waals surface area contributed by atoms with Crippen LogP contribution in [0.1, 0.15) is 20.7 Å².